The molecular formula is C21H30N2O2. The smallest absolute Gasteiger partial charge is 0.407 e. The van der Waals surface area contributed by atoms with E-state index in [2.05, 4.69) is 10.2 Å². The molecule has 0 bridgehead atoms. The summed E-state index contributed by atoms with van der Waals surface area (Å²) in [5, 5.41) is 3.06. The van der Waals surface area contributed by atoms with Gasteiger partial charge in [0, 0.05) is 12.1 Å². The van der Waals surface area contributed by atoms with Crippen LogP contribution >= 0.6 is 0 Å². The summed E-state index contributed by atoms with van der Waals surface area (Å²) < 4.78 is 5.34. The normalized spacial score (nSPS) is 28.5. The highest BCUT2D eigenvalue weighted by molar-refractivity contribution is 5.67. The third-order valence-corrected chi connectivity index (χ3v) is 6.56. The highest BCUT2D eigenvalue weighted by atomic mass is 16.5. The molecule has 0 unspecified atom stereocenters. The summed E-state index contributed by atoms with van der Waals surface area (Å²) in [6.07, 6.45) is 10.1. The number of nitrogens with one attached hydrogen (secondary N) is 1. The SMILES string of the molecule is O=C(NC1CCC(N2CCC3(CC2)CC3)CC1)OCc1ccccc1. The van der Waals surface area contributed by atoms with Gasteiger partial charge < -0.3 is 15.0 Å². The van der Waals surface area contributed by atoms with Crippen molar-refractivity contribution in [2.75, 3.05) is 13.1 Å². The van der Waals surface area contributed by atoms with Crippen LogP contribution in [0, 0.1) is 5.41 Å². The molecule has 136 valence electrons. The first-order valence-electron chi connectivity index (χ1n) is 9.94. The molecule has 4 nitrogen and oxygen atoms in total. The first kappa shape index (κ1) is 16.9. The molecule has 0 aromatic heterocycles. The lowest BCUT2D eigenvalue weighted by Gasteiger charge is -2.41. The van der Waals surface area contributed by atoms with Crippen molar-refractivity contribution in [2.45, 2.75) is 70.1 Å². The van der Waals surface area contributed by atoms with Crippen LogP contribution < -0.4 is 5.32 Å². The van der Waals surface area contributed by atoms with Gasteiger partial charge in [0.2, 0.25) is 0 Å². The number of carbonyl (C=O) groups is 1. The quantitative estimate of drug-likeness (QED) is 0.896. The summed E-state index contributed by atoms with van der Waals surface area (Å²) in [6, 6.07) is 10.8. The van der Waals surface area contributed by atoms with Crippen molar-refractivity contribution in [1.29, 1.82) is 0 Å². The molecule has 0 atom stereocenters. The summed E-state index contributed by atoms with van der Waals surface area (Å²) in [4.78, 5) is 14.7. The van der Waals surface area contributed by atoms with E-state index in [9.17, 15) is 4.79 Å². The molecule has 3 fully saturated rings. The first-order valence-corrected chi connectivity index (χ1v) is 9.94. The molecule has 25 heavy (non-hydrogen) atoms. The van der Waals surface area contributed by atoms with Crippen LogP contribution in [0.4, 0.5) is 4.79 Å². The molecule has 1 spiro atoms. The Morgan fingerprint density at radius 3 is 2.36 bits per heavy atom. The molecule has 4 rings (SSSR count). The minimum absolute atomic E-state index is 0.277. The fourth-order valence-corrected chi connectivity index (χ4v) is 4.56. The summed E-state index contributed by atoms with van der Waals surface area (Å²) >= 11 is 0. The maximum absolute atomic E-state index is 12.0. The van der Waals surface area contributed by atoms with E-state index in [0.29, 0.717) is 6.61 Å². The van der Waals surface area contributed by atoms with Crippen LogP contribution in [0.3, 0.4) is 0 Å². The Hall–Kier alpha value is -1.55. The third kappa shape index (κ3) is 4.35. The molecule has 4 heteroatoms. The lowest BCUT2D eigenvalue weighted by Crippen LogP contribution is -2.46. The minimum atomic E-state index is -0.277. The highest BCUT2D eigenvalue weighted by Crippen LogP contribution is 2.54. The Labute approximate surface area is 150 Å². The molecule has 0 radical (unpaired) electrons. The Balaban J connectivity index is 1.15. The fraction of sp³-hybridized carbons (Fsp3) is 0.667. The summed E-state index contributed by atoms with van der Waals surface area (Å²) in [7, 11) is 0. The molecule has 3 aliphatic rings. The van der Waals surface area contributed by atoms with Gasteiger partial charge in [-0.25, -0.2) is 4.79 Å². The topological polar surface area (TPSA) is 41.6 Å². The van der Waals surface area contributed by atoms with Crippen LogP contribution in [0.15, 0.2) is 30.3 Å². The molecular weight excluding hydrogens is 312 g/mol. The number of amides is 1. The number of ether oxygens (including phenoxy) is 1. The number of hydrogen-bond donors (Lipinski definition) is 1. The van der Waals surface area contributed by atoms with E-state index in [1.807, 2.05) is 30.3 Å². The van der Waals surface area contributed by atoms with E-state index >= 15 is 0 Å². The number of carbonyl (C=O) groups excluding carboxylic acids is 1. The van der Waals surface area contributed by atoms with E-state index in [0.717, 1.165) is 29.9 Å². The van der Waals surface area contributed by atoms with Crippen LogP contribution in [0.5, 0.6) is 0 Å². The predicted octanol–water partition coefficient (Wildman–Crippen LogP) is 4.10. The predicted molar refractivity (Wildman–Crippen MR) is 98.3 cm³/mol. The zero-order valence-electron chi connectivity index (χ0n) is 15.1. The van der Waals surface area contributed by atoms with Gasteiger partial charge in [-0.3, -0.25) is 0 Å². The van der Waals surface area contributed by atoms with Gasteiger partial charge in [0.15, 0.2) is 0 Å². The second-order valence-corrected chi connectivity index (χ2v) is 8.25. The van der Waals surface area contributed by atoms with E-state index in [1.54, 1.807) is 0 Å². The van der Waals surface area contributed by atoms with Gasteiger partial charge in [0.1, 0.15) is 6.61 Å². The van der Waals surface area contributed by atoms with E-state index in [-0.39, 0.29) is 12.1 Å². The maximum atomic E-state index is 12.0. The van der Waals surface area contributed by atoms with Crippen LogP contribution in [-0.2, 0) is 11.3 Å². The summed E-state index contributed by atoms with van der Waals surface area (Å²) in [6.45, 7) is 2.93. The summed E-state index contributed by atoms with van der Waals surface area (Å²) in [5.41, 5.74) is 1.79. The monoisotopic (exact) mass is 342 g/mol. The molecule has 2 aliphatic carbocycles. The zero-order chi connectivity index (χ0) is 17.1. The minimum Gasteiger partial charge on any atom is -0.445 e. The van der Waals surface area contributed by atoms with E-state index < -0.39 is 0 Å². The molecule has 1 amide bonds. The number of hydrogen-bond acceptors (Lipinski definition) is 3. The van der Waals surface area contributed by atoms with Crippen LogP contribution in [-0.4, -0.2) is 36.2 Å². The standard InChI is InChI=1S/C21H30N2O2/c24-20(25-16-17-4-2-1-3-5-17)22-18-6-8-19(9-7-18)23-14-12-21(10-11-21)13-15-23/h1-5,18-19H,6-16H2,(H,22,24). The van der Waals surface area contributed by atoms with Crippen molar-refractivity contribution >= 4 is 6.09 Å². The van der Waals surface area contributed by atoms with Gasteiger partial charge in [-0.15, -0.1) is 0 Å². The van der Waals surface area contributed by atoms with Crippen molar-refractivity contribution < 1.29 is 9.53 Å². The van der Waals surface area contributed by atoms with Crippen molar-refractivity contribution in [3.05, 3.63) is 35.9 Å². The Morgan fingerprint density at radius 1 is 1.04 bits per heavy atom. The van der Waals surface area contributed by atoms with Gasteiger partial charge in [-0.1, -0.05) is 30.3 Å². The van der Waals surface area contributed by atoms with Crippen LogP contribution in [0.1, 0.15) is 56.9 Å². The third-order valence-electron chi connectivity index (χ3n) is 6.56. The van der Waals surface area contributed by atoms with E-state index in [4.69, 9.17) is 4.74 Å². The second kappa shape index (κ2) is 7.36. The maximum Gasteiger partial charge on any atom is 0.407 e. The molecule has 1 aromatic rings. The molecule has 1 aliphatic heterocycles. The summed E-state index contributed by atoms with van der Waals surface area (Å²) in [5.74, 6) is 0. The zero-order valence-corrected chi connectivity index (χ0v) is 15.1. The van der Waals surface area contributed by atoms with Gasteiger partial charge in [-0.05, 0) is 75.4 Å². The fourth-order valence-electron chi connectivity index (χ4n) is 4.56. The first-order chi connectivity index (χ1) is 12.2. The van der Waals surface area contributed by atoms with Crippen molar-refractivity contribution in [3.8, 4) is 0 Å². The largest absolute Gasteiger partial charge is 0.445 e. The molecule has 1 saturated heterocycles. The Bertz CT molecular complexity index is 567. The van der Waals surface area contributed by atoms with Gasteiger partial charge in [0.05, 0.1) is 0 Å². The van der Waals surface area contributed by atoms with Crippen LogP contribution in [0.2, 0.25) is 0 Å². The van der Waals surface area contributed by atoms with Crippen molar-refractivity contribution in [1.82, 2.24) is 10.2 Å². The van der Waals surface area contributed by atoms with Gasteiger partial charge in [-0.2, -0.15) is 0 Å². The van der Waals surface area contributed by atoms with E-state index in [1.165, 1.54) is 51.6 Å². The van der Waals surface area contributed by atoms with Gasteiger partial charge in [0.25, 0.3) is 0 Å². The van der Waals surface area contributed by atoms with Crippen molar-refractivity contribution in [2.24, 2.45) is 5.41 Å². The number of rotatable bonds is 4. The lowest BCUT2D eigenvalue weighted by molar-refractivity contribution is 0.0889. The lowest BCUT2D eigenvalue weighted by atomic mass is 9.87. The highest BCUT2D eigenvalue weighted by Gasteiger charge is 2.45. The second-order valence-electron chi connectivity index (χ2n) is 8.25. The molecule has 1 heterocycles. The van der Waals surface area contributed by atoms with Gasteiger partial charge >= 0.3 is 6.09 Å². The van der Waals surface area contributed by atoms with Crippen LogP contribution in [0.25, 0.3) is 0 Å². The Morgan fingerprint density at radius 2 is 1.72 bits per heavy atom. The molecule has 1 N–H and O–H groups in total. The van der Waals surface area contributed by atoms with Crippen molar-refractivity contribution in [3.63, 3.8) is 0 Å². The average molecular weight is 342 g/mol. The molecule has 2 saturated carbocycles. The number of benzene rings is 1. The molecule has 1 aromatic carbocycles. The number of likely N-dealkylation sites (tertiary alicyclic amines) is 1. The number of nitrogens with zero attached hydrogens (tertiary/aromatic N) is 1. The number of alkyl carbamates (subject to hydrolysis) is 1. The average Bonchev–Trinajstić information content (AvgIpc) is 3.41. The Kier molecular flexibility index (Phi) is 4.98. The number of piperidine rings is 1.